The van der Waals surface area contributed by atoms with Crippen LogP contribution in [0.1, 0.15) is 35.1 Å². The van der Waals surface area contributed by atoms with Gasteiger partial charge in [0.15, 0.2) is 0 Å². The van der Waals surface area contributed by atoms with Gasteiger partial charge < -0.3 is 5.11 Å². The fraction of sp³-hybridized carbons (Fsp3) is 0.375. The van der Waals surface area contributed by atoms with Gasteiger partial charge in [0.05, 0.1) is 10.9 Å². The van der Waals surface area contributed by atoms with E-state index in [9.17, 15) is 9.50 Å². The fourth-order valence-electron chi connectivity index (χ4n) is 3.23. The van der Waals surface area contributed by atoms with Crippen LogP contribution in [0.4, 0.5) is 4.39 Å². The van der Waals surface area contributed by atoms with Crippen LogP contribution < -0.4 is 0 Å². The Morgan fingerprint density at radius 2 is 2.09 bits per heavy atom. The average molecular weight is 332 g/mol. The predicted molar refractivity (Wildman–Crippen MR) is 86.3 cm³/mol. The third-order valence-corrected chi connectivity index (χ3v) is 5.30. The Balaban J connectivity index is 1.86. The minimum Gasteiger partial charge on any atom is -0.492 e. The first-order chi connectivity index (χ1) is 11.1. The average Bonchev–Trinajstić information content (AvgIpc) is 3.21. The summed E-state index contributed by atoms with van der Waals surface area (Å²) in [6.07, 6.45) is 2.24. The summed E-state index contributed by atoms with van der Waals surface area (Å²) in [5.41, 5.74) is 0.850. The third-order valence-electron chi connectivity index (χ3n) is 4.22. The highest BCUT2D eigenvalue weighted by atomic mass is 32.1. The summed E-state index contributed by atoms with van der Waals surface area (Å²) in [5, 5.41) is 14.8. The van der Waals surface area contributed by atoms with Crippen LogP contribution in [0.15, 0.2) is 24.3 Å². The third kappa shape index (κ3) is 2.49. The molecule has 0 unspecified atom stereocenters. The maximum atomic E-state index is 13.7. The van der Waals surface area contributed by atoms with Gasteiger partial charge in [-0.2, -0.15) is 4.52 Å². The number of rotatable bonds is 3. The van der Waals surface area contributed by atoms with Crippen LogP contribution >= 0.6 is 11.3 Å². The normalized spacial score (nSPS) is 17.1. The quantitative estimate of drug-likeness (QED) is 0.801. The summed E-state index contributed by atoms with van der Waals surface area (Å²) < 4.78 is 15.2. The van der Waals surface area contributed by atoms with Crippen molar-refractivity contribution in [2.45, 2.75) is 25.8 Å². The topological polar surface area (TPSA) is 53.7 Å². The molecule has 4 rings (SSSR count). The molecule has 0 radical (unpaired) electrons. The summed E-state index contributed by atoms with van der Waals surface area (Å²) in [6.45, 7) is 3.67. The number of thiazole rings is 1. The van der Waals surface area contributed by atoms with Crippen molar-refractivity contribution in [3.63, 3.8) is 0 Å². The standard InChI is InChI=1S/C16H17FN4OS/c1-10-18-16-21(19-10)15(22)14(23-16)13(20-7-2-3-8-20)11-5-4-6-12(17)9-11/h4-6,9,13,22H,2-3,7-8H2,1H3/t13-/m0/s1. The van der Waals surface area contributed by atoms with E-state index >= 15 is 0 Å². The Hall–Kier alpha value is -1.99. The van der Waals surface area contributed by atoms with Crippen molar-refractivity contribution in [2.24, 2.45) is 0 Å². The molecular formula is C16H17FN4OS. The van der Waals surface area contributed by atoms with Crippen LogP contribution in [-0.2, 0) is 0 Å². The molecule has 23 heavy (non-hydrogen) atoms. The van der Waals surface area contributed by atoms with Crippen molar-refractivity contribution < 1.29 is 9.50 Å². The van der Waals surface area contributed by atoms with E-state index in [0.717, 1.165) is 36.4 Å². The van der Waals surface area contributed by atoms with E-state index in [-0.39, 0.29) is 17.7 Å². The highest BCUT2D eigenvalue weighted by Crippen LogP contribution is 2.41. The molecule has 5 nitrogen and oxygen atoms in total. The second-order valence-electron chi connectivity index (χ2n) is 5.84. The van der Waals surface area contributed by atoms with Gasteiger partial charge in [0.1, 0.15) is 11.6 Å². The zero-order chi connectivity index (χ0) is 16.0. The van der Waals surface area contributed by atoms with Crippen LogP contribution in [0, 0.1) is 12.7 Å². The van der Waals surface area contributed by atoms with E-state index in [4.69, 9.17) is 0 Å². The van der Waals surface area contributed by atoms with E-state index in [2.05, 4.69) is 15.0 Å². The van der Waals surface area contributed by atoms with Gasteiger partial charge in [0.25, 0.3) is 0 Å². The van der Waals surface area contributed by atoms with Gasteiger partial charge in [-0.25, -0.2) is 9.37 Å². The molecule has 3 aromatic rings. The summed E-state index contributed by atoms with van der Waals surface area (Å²) in [6, 6.07) is 6.45. The molecule has 1 aliphatic rings. The molecule has 0 saturated carbocycles. The lowest BCUT2D eigenvalue weighted by Gasteiger charge is -2.27. The number of likely N-dealkylation sites (tertiary alicyclic amines) is 1. The molecule has 0 bridgehead atoms. The van der Waals surface area contributed by atoms with Crippen LogP contribution in [0.5, 0.6) is 5.88 Å². The summed E-state index contributed by atoms with van der Waals surface area (Å²) >= 11 is 1.42. The monoisotopic (exact) mass is 332 g/mol. The Kier molecular flexibility index (Phi) is 3.54. The molecule has 1 N–H and O–H groups in total. The zero-order valence-electron chi connectivity index (χ0n) is 12.7. The van der Waals surface area contributed by atoms with E-state index in [1.165, 1.54) is 21.9 Å². The Bertz CT molecular complexity index is 853. The summed E-state index contributed by atoms with van der Waals surface area (Å²) in [7, 11) is 0. The smallest absolute Gasteiger partial charge is 0.230 e. The number of halogens is 1. The summed E-state index contributed by atoms with van der Waals surface area (Å²) in [4.78, 5) is 8.05. The van der Waals surface area contributed by atoms with Gasteiger partial charge >= 0.3 is 0 Å². The van der Waals surface area contributed by atoms with Crippen LogP contribution in [-0.4, -0.2) is 37.7 Å². The molecule has 0 aliphatic carbocycles. The highest BCUT2D eigenvalue weighted by molar-refractivity contribution is 7.17. The number of aryl methyl sites for hydroxylation is 1. The zero-order valence-corrected chi connectivity index (χ0v) is 13.6. The van der Waals surface area contributed by atoms with Gasteiger partial charge in [0.2, 0.25) is 10.8 Å². The number of nitrogens with zero attached hydrogens (tertiary/aromatic N) is 4. The molecule has 7 heteroatoms. The van der Waals surface area contributed by atoms with Crippen molar-refractivity contribution in [3.8, 4) is 5.88 Å². The second-order valence-corrected chi connectivity index (χ2v) is 6.85. The molecule has 0 spiro atoms. The number of aromatic nitrogens is 3. The molecule has 1 fully saturated rings. The van der Waals surface area contributed by atoms with E-state index < -0.39 is 0 Å². The number of hydrogen-bond acceptors (Lipinski definition) is 5. The van der Waals surface area contributed by atoms with Gasteiger partial charge in [0, 0.05) is 0 Å². The van der Waals surface area contributed by atoms with Crippen LogP contribution in [0.25, 0.3) is 4.96 Å². The number of hydrogen-bond donors (Lipinski definition) is 1. The largest absolute Gasteiger partial charge is 0.492 e. The highest BCUT2D eigenvalue weighted by Gasteiger charge is 2.31. The number of benzene rings is 1. The molecule has 120 valence electrons. The molecule has 2 aromatic heterocycles. The molecule has 1 aliphatic heterocycles. The van der Waals surface area contributed by atoms with E-state index in [1.807, 2.05) is 6.07 Å². The maximum absolute atomic E-state index is 13.7. The Morgan fingerprint density at radius 3 is 2.78 bits per heavy atom. The van der Waals surface area contributed by atoms with Crippen LogP contribution in [0.2, 0.25) is 0 Å². The molecule has 1 saturated heterocycles. The Labute approximate surface area is 137 Å². The predicted octanol–water partition coefficient (Wildman–Crippen LogP) is 3.13. The van der Waals surface area contributed by atoms with E-state index in [0.29, 0.717) is 10.8 Å². The van der Waals surface area contributed by atoms with Crippen LogP contribution in [0.3, 0.4) is 0 Å². The van der Waals surface area contributed by atoms with Gasteiger partial charge in [-0.3, -0.25) is 4.90 Å². The van der Waals surface area contributed by atoms with Gasteiger partial charge in [-0.05, 0) is 50.6 Å². The molecule has 3 heterocycles. The molecule has 1 aromatic carbocycles. The lowest BCUT2D eigenvalue weighted by atomic mass is 10.0. The van der Waals surface area contributed by atoms with Crippen molar-refractivity contribution in [3.05, 3.63) is 46.3 Å². The molecule has 1 atom stereocenters. The van der Waals surface area contributed by atoms with Crippen molar-refractivity contribution >= 4 is 16.3 Å². The number of aromatic hydroxyl groups is 1. The minimum absolute atomic E-state index is 0.103. The first-order valence-electron chi connectivity index (χ1n) is 7.68. The fourth-order valence-corrected chi connectivity index (χ4v) is 4.39. The van der Waals surface area contributed by atoms with E-state index in [1.54, 1.807) is 19.1 Å². The minimum atomic E-state index is -0.263. The lowest BCUT2D eigenvalue weighted by molar-refractivity contribution is 0.276. The van der Waals surface area contributed by atoms with Gasteiger partial charge in [-0.15, -0.1) is 5.10 Å². The SMILES string of the molecule is Cc1nc2sc([C@H](c3cccc(F)c3)N3CCCC3)c(O)n2n1. The van der Waals surface area contributed by atoms with Crippen molar-refractivity contribution in [2.75, 3.05) is 13.1 Å². The molecular weight excluding hydrogens is 315 g/mol. The second kappa shape index (κ2) is 5.58. The first-order valence-corrected chi connectivity index (χ1v) is 8.49. The lowest BCUT2D eigenvalue weighted by Crippen LogP contribution is -2.26. The number of fused-ring (bicyclic) bond motifs is 1. The molecule has 0 amide bonds. The summed E-state index contributed by atoms with van der Waals surface area (Å²) in [5.74, 6) is 0.467. The van der Waals surface area contributed by atoms with Crippen molar-refractivity contribution in [1.29, 1.82) is 0 Å². The maximum Gasteiger partial charge on any atom is 0.230 e. The Morgan fingerprint density at radius 1 is 1.30 bits per heavy atom. The first kappa shape index (κ1) is 14.6. The van der Waals surface area contributed by atoms with Crippen molar-refractivity contribution in [1.82, 2.24) is 19.5 Å². The van der Waals surface area contributed by atoms with Gasteiger partial charge in [-0.1, -0.05) is 23.5 Å².